The van der Waals surface area contributed by atoms with Crippen LogP contribution in [0.3, 0.4) is 0 Å². The van der Waals surface area contributed by atoms with Crippen molar-refractivity contribution in [3.05, 3.63) is 0 Å². The molecule has 12 heavy (non-hydrogen) atoms. The van der Waals surface area contributed by atoms with Crippen molar-refractivity contribution in [3.63, 3.8) is 0 Å². The first-order valence-corrected chi connectivity index (χ1v) is 4.84. The van der Waals surface area contributed by atoms with E-state index in [1.165, 1.54) is 6.42 Å². The Hall–Kier alpha value is -0.0800. The van der Waals surface area contributed by atoms with Gasteiger partial charge < -0.3 is 10.1 Å². The minimum absolute atomic E-state index is 0.242. The van der Waals surface area contributed by atoms with E-state index in [9.17, 15) is 0 Å². The van der Waals surface area contributed by atoms with E-state index < -0.39 is 0 Å². The largest absolute Gasteiger partial charge is 0.378 e. The molecule has 2 heteroatoms. The third-order valence-electron chi connectivity index (χ3n) is 2.20. The first-order chi connectivity index (χ1) is 5.47. The highest BCUT2D eigenvalue weighted by Crippen LogP contribution is 2.18. The molecular formula is C10H21NO. The second kappa shape index (κ2) is 3.75. The predicted octanol–water partition coefficient (Wildman–Crippen LogP) is 1.80. The average Bonchev–Trinajstić information content (AvgIpc) is 2.30. The smallest absolute Gasteiger partial charge is 0.0551 e. The summed E-state index contributed by atoms with van der Waals surface area (Å²) >= 11 is 0. The molecule has 1 fully saturated rings. The van der Waals surface area contributed by atoms with Gasteiger partial charge in [-0.05, 0) is 40.0 Å². The Balaban J connectivity index is 2.16. The van der Waals surface area contributed by atoms with Crippen LogP contribution in [0.1, 0.15) is 34.1 Å². The Morgan fingerprint density at radius 3 is 2.50 bits per heavy atom. The van der Waals surface area contributed by atoms with Gasteiger partial charge in [0.25, 0.3) is 0 Å². The zero-order chi connectivity index (χ0) is 9.19. The lowest BCUT2D eigenvalue weighted by molar-refractivity contribution is 0.119. The van der Waals surface area contributed by atoms with Crippen molar-refractivity contribution >= 4 is 0 Å². The SMILES string of the molecule is CC1CC(CNC(C)(C)C)CO1. The number of hydrogen-bond donors (Lipinski definition) is 1. The molecule has 0 amide bonds. The topological polar surface area (TPSA) is 21.3 Å². The third-order valence-corrected chi connectivity index (χ3v) is 2.20. The van der Waals surface area contributed by atoms with Crippen LogP contribution < -0.4 is 5.32 Å². The summed E-state index contributed by atoms with van der Waals surface area (Å²) in [5.41, 5.74) is 0.242. The van der Waals surface area contributed by atoms with Gasteiger partial charge in [-0.1, -0.05) is 0 Å². The number of rotatable bonds is 2. The van der Waals surface area contributed by atoms with Crippen molar-refractivity contribution in [2.24, 2.45) is 5.92 Å². The fourth-order valence-corrected chi connectivity index (χ4v) is 1.50. The second-order valence-electron chi connectivity index (χ2n) is 4.88. The fourth-order valence-electron chi connectivity index (χ4n) is 1.50. The maximum Gasteiger partial charge on any atom is 0.0551 e. The highest BCUT2D eigenvalue weighted by atomic mass is 16.5. The van der Waals surface area contributed by atoms with Crippen LogP contribution in [0.4, 0.5) is 0 Å². The molecule has 2 unspecified atom stereocenters. The van der Waals surface area contributed by atoms with E-state index in [2.05, 4.69) is 33.0 Å². The van der Waals surface area contributed by atoms with Gasteiger partial charge >= 0.3 is 0 Å². The molecule has 0 radical (unpaired) electrons. The molecule has 1 aliphatic heterocycles. The van der Waals surface area contributed by atoms with E-state index in [-0.39, 0.29) is 5.54 Å². The van der Waals surface area contributed by atoms with E-state index in [1.807, 2.05) is 0 Å². The molecule has 1 heterocycles. The highest BCUT2D eigenvalue weighted by Gasteiger charge is 2.22. The Kier molecular flexibility index (Phi) is 3.13. The zero-order valence-electron chi connectivity index (χ0n) is 8.68. The summed E-state index contributed by atoms with van der Waals surface area (Å²) in [6.45, 7) is 10.8. The Labute approximate surface area is 75.7 Å². The summed E-state index contributed by atoms with van der Waals surface area (Å²) in [5, 5.41) is 3.50. The van der Waals surface area contributed by atoms with Crippen molar-refractivity contribution < 1.29 is 4.74 Å². The Morgan fingerprint density at radius 2 is 2.08 bits per heavy atom. The summed E-state index contributed by atoms with van der Waals surface area (Å²) in [5.74, 6) is 0.722. The van der Waals surface area contributed by atoms with Crippen molar-refractivity contribution in [1.82, 2.24) is 5.32 Å². The van der Waals surface area contributed by atoms with Crippen LogP contribution in [-0.2, 0) is 4.74 Å². The standard InChI is InChI=1S/C10H21NO/c1-8-5-9(7-12-8)6-11-10(2,3)4/h8-9,11H,5-7H2,1-4H3. The minimum Gasteiger partial charge on any atom is -0.378 e. The zero-order valence-corrected chi connectivity index (χ0v) is 8.68. The summed E-state index contributed by atoms with van der Waals surface area (Å²) in [6, 6.07) is 0. The van der Waals surface area contributed by atoms with Crippen molar-refractivity contribution in [3.8, 4) is 0 Å². The quantitative estimate of drug-likeness (QED) is 0.684. The van der Waals surface area contributed by atoms with Crippen molar-refractivity contribution in [2.45, 2.75) is 45.8 Å². The van der Waals surface area contributed by atoms with E-state index in [1.54, 1.807) is 0 Å². The molecule has 1 rings (SSSR count). The molecule has 1 saturated heterocycles. The van der Waals surface area contributed by atoms with E-state index >= 15 is 0 Å². The second-order valence-corrected chi connectivity index (χ2v) is 4.88. The van der Waals surface area contributed by atoms with Gasteiger partial charge in [-0.15, -0.1) is 0 Å². The molecule has 72 valence electrons. The average molecular weight is 171 g/mol. The fraction of sp³-hybridized carbons (Fsp3) is 1.00. The third kappa shape index (κ3) is 3.55. The lowest BCUT2D eigenvalue weighted by Crippen LogP contribution is -2.39. The first kappa shape index (κ1) is 10.0. The van der Waals surface area contributed by atoms with Crippen molar-refractivity contribution in [2.75, 3.05) is 13.2 Å². The summed E-state index contributed by atoms with van der Waals surface area (Å²) in [6.07, 6.45) is 1.68. The van der Waals surface area contributed by atoms with Gasteiger partial charge in [0.15, 0.2) is 0 Å². The van der Waals surface area contributed by atoms with E-state index in [0.29, 0.717) is 6.10 Å². The maximum absolute atomic E-state index is 5.49. The van der Waals surface area contributed by atoms with Crippen LogP contribution in [-0.4, -0.2) is 24.8 Å². The minimum atomic E-state index is 0.242. The molecule has 2 nitrogen and oxygen atoms in total. The normalized spacial score (nSPS) is 31.0. The molecular weight excluding hydrogens is 150 g/mol. The molecule has 0 bridgehead atoms. The molecule has 1 aliphatic rings. The van der Waals surface area contributed by atoms with Crippen molar-refractivity contribution in [1.29, 1.82) is 0 Å². The summed E-state index contributed by atoms with van der Waals surface area (Å²) < 4.78 is 5.49. The molecule has 1 N–H and O–H groups in total. The van der Waals surface area contributed by atoms with Crippen LogP contribution in [0.15, 0.2) is 0 Å². The van der Waals surface area contributed by atoms with Crippen LogP contribution in [0.25, 0.3) is 0 Å². The van der Waals surface area contributed by atoms with E-state index in [0.717, 1.165) is 19.1 Å². The summed E-state index contributed by atoms with van der Waals surface area (Å²) in [4.78, 5) is 0. The molecule has 0 aromatic heterocycles. The molecule has 0 aromatic carbocycles. The van der Waals surface area contributed by atoms with Gasteiger partial charge in [0.05, 0.1) is 12.7 Å². The lowest BCUT2D eigenvalue weighted by Gasteiger charge is -2.22. The first-order valence-electron chi connectivity index (χ1n) is 4.84. The summed E-state index contributed by atoms with van der Waals surface area (Å²) in [7, 11) is 0. The monoisotopic (exact) mass is 171 g/mol. The van der Waals surface area contributed by atoms with Crippen LogP contribution in [0.5, 0.6) is 0 Å². The number of hydrogen-bond acceptors (Lipinski definition) is 2. The highest BCUT2D eigenvalue weighted by molar-refractivity contribution is 4.77. The Morgan fingerprint density at radius 1 is 1.42 bits per heavy atom. The van der Waals surface area contributed by atoms with Gasteiger partial charge in [0.2, 0.25) is 0 Å². The predicted molar refractivity (Wildman–Crippen MR) is 51.3 cm³/mol. The van der Waals surface area contributed by atoms with Gasteiger partial charge in [0, 0.05) is 12.1 Å². The van der Waals surface area contributed by atoms with Crippen LogP contribution in [0.2, 0.25) is 0 Å². The van der Waals surface area contributed by atoms with Gasteiger partial charge in [-0.2, -0.15) is 0 Å². The Bertz CT molecular complexity index is 139. The van der Waals surface area contributed by atoms with Crippen LogP contribution >= 0.6 is 0 Å². The van der Waals surface area contributed by atoms with E-state index in [4.69, 9.17) is 4.74 Å². The van der Waals surface area contributed by atoms with Gasteiger partial charge in [0.1, 0.15) is 0 Å². The molecule has 0 spiro atoms. The van der Waals surface area contributed by atoms with Gasteiger partial charge in [-0.3, -0.25) is 0 Å². The molecule has 0 aromatic rings. The lowest BCUT2D eigenvalue weighted by atomic mass is 10.0. The van der Waals surface area contributed by atoms with Gasteiger partial charge in [-0.25, -0.2) is 0 Å². The van der Waals surface area contributed by atoms with Crippen LogP contribution in [0, 0.1) is 5.92 Å². The number of ether oxygens (including phenoxy) is 1. The maximum atomic E-state index is 5.49. The number of nitrogens with one attached hydrogen (secondary N) is 1. The molecule has 2 atom stereocenters. The molecule has 0 aliphatic carbocycles. The molecule has 0 saturated carbocycles.